The van der Waals surface area contributed by atoms with E-state index in [9.17, 15) is 14.4 Å². The average molecular weight is 277 g/mol. The van der Waals surface area contributed by atoms with Crippen molar-refractivity contribution in [3.63, 3.8) is 0 Å². The molecule has 0 spiro atoms. The first-order valence-electron chi connectivity index (χ1n) is 6.22. The molecule has 106 valence electrons. The number of carbonyl (C=O) groups excluding carboxylic acids is 3. The molecule has 2 rings (SSSR count). The van der Waals surface area contributed by atoms with Gasteiger partial charge in [-0.2, -0.15) is 0 Å². The smallest absolute Gasteiger partial charge is 0.333 e. The molecule has 0 radical (unpaired) electrons. The van der Waals surface area contributed by atoms with Crippen molar-refractivity contribution in [3.05, 3.63) is 35.4 Å². The Kier molecular flexibility index (Phi) is 4.14. The molecule has 1 aliphatic heterocycles. The molecule has 1 unspecified atom stereocenters. The lowest BCUT2D eigenvalue weighted by Gasteiger charge is -2.14. The fourth-order valence-corrected chi connectivity index (χ4v) is 2.02. The third-order valence-electron chi connectivity index (χ3n) is 2.92. The van der Waals surface area contributed by atoms with Gasteiger partial charge in [0, 0.05) is 13.7 Å². The Hall–Kier alpha value is -2.21. The SMILES string of the molecule is COCC(C)CC(=O)ON1C(=O)c2ccccc2C1=O. The number of ether oxygens (including phenoxy) is 1. The summed E-state index contributed by atoms with van der Waals surface area (Å²) in [6.07, 6.45) is 0.0707. The zero-order valence-corrected chi connectivity index (χ0v) is 11.3. The van der Waals surface area contributed by atoms with E-state index < -0.39 is 17.8 Å². The molecule has 6 heteroatoms. The first kappa shape index (κ1) is 14.2. The standard InChI is InChI=1S/C14H15NO5/c1-9(8-19-2)7-12(16)20-15-13(17)10-5-3-4-6-11(10)14(15)18/h3-6,9H,7-8H2,1-2H3. The number of rotatable bonds is 5. The van der Waals surface area contributed by atoms with Gasteiger partial charge >= 0.3 is 5.97 Å². The normalized spacial score (nSPS) is 15.2. The molecule has 2 amide bonds. The minimum absolute atomic E-state index is 0.0531. The predicted molar refractivity (Wildman–Crippen MR) is 68.7 cm³/mol. The van der Waals surface area contributed by atoms with Gasteiger partial charge in [-0.25, -0.2) is 4.79 Å². The number of hydrogen-bond donors (Lipinski definition) is 0. The second kappa shape index (κ2) is 5.83. The summed E-state index contributed by atoms with van der Waals surface area (Å²) < 4.78 is 4.91. The molecule has 0 aliphatic carbocycles. The van der Waals surface area contributed by atoms with Crippen molar-refractivity contribution < 1.29 is 24.0 Å². The van der Waals surface area contributed by atoms with Crippen molar-refractivity contribution in [2.24, 2.45) is 5.92 Å². The quantitative estimate of drug-likeness (QED) is 0.761. The number of imide groups is 1. The molecule has 0 saturated carbocycles. The maximum absolute atomic E-state index is 12.0. The summed E-state index contributed by atoms with van der Waals surface area (Å²) in [7, 11) is 1.53. The molecule has 1 aromatic carbocycles. The second-order valence-corrected chi connectivity index (χ2v) is 4.68. The number of fused-ring (bicyclic) bond motifs is 1. The molecule has 6 nitrogen and oxygen atoms in total. The maximum atomic E-state index is 12.0. The van der Waals surface area contributed by atoms with Crippen LogP contribution in [0.4, 0.5) is 0 Å². The number of benzene rings is 1. The number of carbonyl (C=O) groups is 3. The summed E-state index contributed by atoms with van der Waals surface area (Å²) in [6, 6.07) is 6.35. The minimum atomic E-state index is -0.635. The van der Waals surface area contributed by atoms with Crippen LogP contribution < -0.4 is 0 Å². The molecular formula is C14H15NO5. The molecule has 0 saturated heterocycles. The first-order valence-corrected chi connectivity index (χ1v) is 6.22. The van der Waals surface area contributed by atoms with Gasteiger partial charge < -0.3 is 9.57 Å². The minimum Gasteiger partial charge on any atom is -0.384 e. The number of hydroxylamine groups is 2. The van der Waals surface area contributed by atoms with Gasteiger partial charge in [0.05, 0.1) is 17.5 Å². The summed E-state index contributed by atoms with van der Waals surface area (Å²) in [6.45, 7) is 2.21. The molecule has 0 N–H and O–H groups in total. The number of hydrogen-bond acceptors (Lipinski definition) is 5. The van der Waals surface area contributed by atoms with Gasteiger partial charge in [-0.05, 0) is 18.1 Å². The fraction of sp³-hybridized carbons (Fsp3) is 0.357. The van der Waals surface area contributed by atoms with E-state index in [-0.39, 0.29) is 23.5 Å². The van der Waals surface area contributed by atoms with Crippen LogP contribution in [0.1, 0.15) is 34.1 Å². The first-order chi connectivity index (χ1) is 9.54. The summed E-state index contributed by atoms with van der Waals surface area (Å²) in [5.74, 6) is -1.91. The van der Waals surface area contributed by atoms with Gasteiger partial charge in [-0.1, -0.05) is 24.1 Å². The highest BCUT2D eigenvalue weighted by Gasteiger charge is 2.38. The van der Waals surface area contributed by atoms with Crippen LogP contribution in [0.3, 0.4) is 0 Å². The van der Waals surface area contributed by atoms with Gasteiger partial charge in [0.1, 0.15) is 0 Å². The van der Waals surface area contributed by atoms with Gasteiger partial charge in [0.25, 0.3) is 11.8 Å². The highest BCUT2D eigenvalue weighted by molar-refractivity contribution is 6.20. The van der Waals surface area contributed by atoms with E-state index in [1.54, 1.807) is 12.1 Å². The number of methoxy groups -OCH3 is 1. The Bertz CT molecular complexity index is 519. The Morgan fingerprint density at radius 1 is 1.20 bits per heavy atom. The Morgan fingerprint density at radius 2 is 1.75 bits per heavy atom. The van der Waals surface area contributed by atoms with Crippen LogP contribution in [0.25, 0.3) is 0 Å². The molecular weight excluding hydrogens is 262 g/mol. The lowest BCUT2D eigenvalue weighted by atomic mass is 10.1. The van der Waals surface area contributed by atoms with Crippen molar-refractivity contribution in [3.8, 4) is 0 Å². The van der Waals surface area contributed by atoms with Crippen LogP contribution in [-0.4, -0.2) is 36.6 Å². The van der Waals surface area contributed by atoms with Crippen LogP contribution in [0, 0.1) is 5.92 Å². The molecule has 1 heterocycles. The van der Waals surface area contributed by atoms with Crippen LogP contribution >= 0.6 is 0 Å². The summed E-state index contributed by atoms with van der Waals surface area (Å²) >= 11 is 0. The van der Waals surface area contributed by atoms with Crippen LogP contribution in [-0.2, 0) is 14.4 Å². The van der Waals surface area contributed by atoms with Crippen LogP contribution in [0.15, 0.2) is 24.3 Å². The zero-order valence-electron chi connectivity index (χ0n) is 11.3. The summed E-state index contributed by atoms with van der Waals surface area (Å²) in [4.78, 5) is 40.5. The molecule has 0 fully saturated rings. The highest BCUT2D eigenvalue weighted by Crippen LogP contribution is 2.23. The molecule has 0 aromatic heterocycles. The van der Waals surface area contributed by atoms with E-state index >= 15 is 0 Å². The number of nitrogens with zero attached hydrogens (tertiary/aromatic N) is 1. The average Bonchev–Trinajstić information content (AvgIpc) is 2.65. The molecule has 1 aliphatic rings. The van der Waals surface area contributed by atoms with Crippen molar-refractivity contribution in [2.75, 3.05) is 13.7 Å². The Balaban J connectivity index is 2.04. The Morgan fingerprint density at radius 3 is 2.25 bits per heavy atom. The third kappa shape index (κ3) is 2.70. The molecule has 0 bridgehead atoms. The van der Waals surface area contributed by atoms with Crippen molar-refractivity contribution >= 4 is 17.8 Å². The van der Waals surface area contributed by atoms with Crippen molar-refractivity contribution in [1.82, 2.24) is 5.06 Å². The lowest BCUT2D eigenvalue weighted by Crippen LogP contribution is -2.33. The highest BCUT2D eigenvalue weighted by atomic mass is 16.7. The van der Waals surface area contributed by atoms with Gasteiger partial charge in [0.15, 0.2) is 0 Å². The van der Waals surface area contributed by atoms with Gasteiger partial charge in [-0.15, -0.1) is 0 Å². The van der Waals surface area contributed by atoms with E-state index in [2.05, 4.69) is 0 Å². The third-order valence-corrected chi connectivity index (χ3v) is 2.92. The largest absolute Gasteiger partial charge is 0.384 e. The topological polar surface area (TPSA) is 72.9 Å². The Labute approximate surface area is 116 Å². The summed E-state index contributed by atoms with van der Waals surface area (Å²) in [5, 5.41) is 0.520. The van der Waals surface area contributed by atoms with Crippen LogP contribution in [0.5, 0.6) is 0 Å². The van der Waals surface area contributed by atoms with E-state index in [4.69, 9.17) is 9.57 Å². The van der Waals surface area contributed by atoms with E-state index in [1.165, 1.54) is 19.2 Å². The van der Waals surface area contributed by atoms with Crippen molar-refractivity contribution in [1.29, 1.82) is 0 Å². The summed E-state index contributed by atoms with van der Waals surface area (Å²) in [5.41, 5.74) is 0.491. The lowest BCUT2D eigenvalue weighted by molar-refractivity contribution is -0.169. The molecule has 1 atom stereocenters. The monoisotopic (exact) mass is 277 g/mol. The van der Waals surface area contributed by atoms with Gasteiger partial charge in [-0.3, -0.25) is 9.59 Å². The zero-order chi connectivity index (χ0) is 14.7. The molecule has 1 aromatic rings. The second-order valence-electron chi connectivity index (χ2n) is 4.68. The van der Waals surface area contributed by atoms with E-state index in [0.717, 1.165) is 0 Å². The fourth-order valence-electron chi connectivity index (χ4n) is 2.02. The number of amides is 2. The molecule has 20 heavy (non-hydrogen) atoms. The van der Waals surface area contributed by atoms with E-state index in [1.807, 2.05) is 6.92 Å². The van der Waals surface area contributed by atoms with Crippen molar-refractivity contribution in [2.45, 2.75) is 13.3 Å². The van der Waals surface area contributed by atoms with E-state index in [0.29, 0.717) is 11.7 Å². The maximum Gasteiger partial charge on any atom is 0.333 e. The van der Waals surface area contributed by atoms with Crippen LogP contribution in [0.2, 0.25) is 0 Å². The predicted octanol–water partition coefficient (Wildman–Crippen LogP) is 1.41. The van der Waals surface area contributed by atoms with Gasteiger partial charge in [0.2, 0.25) is 0 Å².